The van der Waals surface area contributed by atoms with Gasteiger partial charge in [-0.05, 0) is 58.6 Å². The maximum Gasteiger partial charge on any atom is 0.0788 e. The van der Waals surface area contributed by atoms with Crippen molar-refractivity contribution in [2.75, 3.05) is 13.1 Å². The van der Waals surface area contributed by atoms with Crippen LogP contribution in [0.2, 0.25) is 0 Å². The summed E-state index contributed by atoms with van der Waals surface area (Å²) in [5, 5.41) is 5.53. The molecule has 0 fully saturated rings. The van der Waals surface area contributed by atoms with E-state index in [1.165, 1.54) is 25.2 Å². The second-order valence-electron chi connectivity index (χ2n) is 5.62. The van der Waals surface area contributed by atoms with Crippen LogP contribution >= 0.6 is 0 Å². The summed E-state index contributed by atoms with van der Waals surface area (Å²) < 4.78 is 0. The van der Waals surface area contributed by atoms with E-state index in [1.54, 1.807) is 0 Å². The molecule has 2 rings (SSSR count). The third-order valence-electron chi connectivity index (χ3n) is 3.82. The molecule has 0 saturated carbocycles. The highest BCUT2D eigenvalue weighted by Crippen LogP contribution is 2.13. The van der Waals surface area contributed by atoms with Crippen molar-refractivity contribution in [1.29, 1.82) is 0 Å². The molecule has 0 bridgehead atoms. The van der Waals surface area contributed by atoms with Gasteiger partial charge < -0.3 is 9.80 Å². The minimum Gasteiger partial charge on any atom is -0.354 e. The molecule has 2 aliphatic heterocycles. The number of hydrogen-bond acceptors (Lipinski definition) is 6. The smallest absolute Gasteiger partial charge is 0.0788 e. The lowest BCUT2D eigenvalue weighted by Crippen LogP contribution is -2.14. The maximum atomic E-state index is 10.1. The van der Waals surface area contributed by atoms with Crippen LogP contribution in [0.25, 0.3) is 0 Å². The van der Waals surface area contributed by atoms with Crippen LogP contribution in [0.4, 0.5) is 0 Å². The first-order chi connectivity index (χ1) is 11.8. The summed E-state index contributed by atoms with van der Waals surface area (Å²) in [7, 11) is 0. The molecule has 0 unspecified atom stereocenters. The fourth-order valence-corrected chi connectivity index (χ4v) is 2.47. The van der Waals surface area contributed by atoms with E-state index in [0.29, 0.717) is 0 Å². The second-order valence-corrected chi connectivity index (χ2v) is 5.62. The standard InChI is InChI=1S/C18H22N4O2/c23-19-15-17-5-11-21(12-6-17)9-3-1-2-4-10-22-13-7-18(8-14-22)16-20-24/h5-8,11-16H,1-4,9-10H2. The van der Waals surface area contributed by atoms with Gasteiger partial charge in [-0.3, -0.25) is 0 Å². The molecule has 2 aliphatic rings. The third kappa shape index (κ3) is 6.16. The summed E-state index contributed by atoms with van der Waals surface area (Å²) in [5.74, 6) is 0. The SMILES string of the molecule is O=NC=C1C=CN(CCCCCCN2C=CC(=CN=O)C=C2)C=C1. The van der Waals surface area contributed by atoms with E-state index in [4.69, 9.17) is 0 Å². The van der Waals surface area contributed by atoms with Crippen molar-refractivity contribution in [2.45, 2.75) is 25.7 Å². The minimum atomic E-state index is 0.825. The molecule has 0 N–H and O–H groups in total. The zero-order valence-electron chi connectivity index (χ0n) is 13.6. The van der Waals surface area contributed by atoms with Gasteiger partial charge in [0.25, 0.3) is 0 Å². The Kier molecular flexibility index (Phi) is 7.40. The van der Waals surface area contributed by atoms with Crippen LogP contribution in [0.1, 0.15) is 25.7 Å². The lowest BCUT2D eigenvalue weighted by atomic mass is 10.1. The molecule has 0 spiro atoms. The maximum absolute atomic E-state index is 10.1. The van der Waals surface area contributed by atoms with Crippen molar-refractivity contribution in [3.63, 3.8) is 0 Å². The molecule has 2 heterocycles. The summed E-state index contributed by atoms with van der Waals surface area (Å²) in [5.41, 5.74) is 1.65. The largest absolute Gasteiger partial charge is 0.354 e. The van der Waals surface area contributed by atoms with Crippen LogP contribution in [-0.4, -0.2) is 22.9 Å². The highest BCUT2D eigenvalue weighted by Gasteiger charge is 2.02. The molecule has 0 radical (unpaired) electrons. The first-order valence-corrected chi connectivity index (χ1v) is 8.11. The Hall–Kier alpha value is -2.76. The molecule has 0 amide bonds. The molecular formula is C18H22N4O2. The van der Waals surface area contributed by atoms with Gasteiger partial charge >= 0.3 is 0 Å². The quantitative estimate of drug-likeness (QED) is 0.461. The normalized spacial score (nSPS) is 15.8. The monoisotopic (exact) mass is 326 g/mol. The van der Waals surface area contributed by atoms with Crippen LogP contribution in [0.3, 0.4) is 0 Å². The molecule has 24 heavy (non-hydrogen) atoms. The minimum absolute atomic E-state index is 0.825. The Morgan fingerprint density at radius 1 is 0.667 bits per heavy atom. The van der Waals surface area contributed by atoms with E-state index in [2.05, 4.69) is 20.2 Å². The molecule has 0 aromatic rings. The topological polar surface area (TPSA) is 65.3 Å². The Balaban J connectivity index is 1.54. The average Bonchev–Trinajstić information content (AvgIpc) is 2.61. The van der Waals surface area contributed by atoms with Crippen molar-refractivity contribution in [2.24, 2.45) is 10.4 Å². The number of nitrogens with zero attached hydrogens (tertiary/aromatic N) is 4. The zero-order chi connectivity index (χ0) is 17.0. The summed E-state index contributed by atoms with van der Waals surface area (Å²) in [4.78, 5) is 24.5. The molecule has 0 atom stereocenters. The van der Waals surface area contributed by atoms with Crippen LogP contribution in [0, 0.1) is 9.81 Å². The molecule has 6 heteroatoms. The van der Waals surface area contributed by atoms with Crippen LogP contribution in [-0.2, 0) is 0 Å². The average molecular weight is 326 g/mol. The van der Waals surface area contributed by atoms with E-state index in [-0.39, 0.29) is 0 Å². The number of allylic oxidation sites excluding steroid dienone is 6. The molecule has 0 aromatic heterocycles. The highest BCUT2D eigenvalue weighted by molar-refractivity contribution is 5.33. The van der Waals surface area contributed by atoms with Gasteiger partial charge in [0.15, 0.2) is 0 Å². The molecular weight excluding hydrogens is 304 g/mol. The van der Waals surface area contributed by atoms with Gasteiger partial charge in [0, 0.05) is 37.9 Å². The van der Waals surface area contributed by atoms with Crippen molar-refractivity contribution in [3.8, 4) is 0 Å². The van der Waals surface area contributed by atoms with Gasteiger partial charge in [0.2, 0.25) is 0 Å². The number of rotatable bonds is 9. The molecule has 0 saturated heterocycles. The third-order valence-corrected chi connectivity index (χ3v) is 3.82. The van der Waals surface area contributed by atoms with Gasteiger partial charge in [0.05, 0.1) is 12.4 Å². The number of nitroso groups, excluding NO2 is 2. The fourth-order valence-electron chi connectivity index (χ4n) is 2.47. The van der Waals surface area contributed by atoms with E-state index in [9.17, 15) is 9.81 Å². The lowest BCUT2D eigenvalue weighted by Gasteiger charge is -2.19. The molecule has 6 nitrogen and oxygen atoms in total. The van der Waals surface area contributed by atoms with Crippen molar-refractivity contribution in [3.05, 3.63) is 82.5 Å². The summed E-state index contributed by atoms with van der Waals surface area (Å²) >= 11 is 0. The Morgan fingerprint density at radius 2 is 1.04 bits per heavy atom. The van der Waals surface area contributed by atoms with Gasteiger partial charge in [-0.2, -0.15) is 0 Å². The highest BCUT2D eigenvalue weighted by atomic mass is 16.3. The molecule has 0 aliphatic carbocycles. The number of unbranched alkanes of at least 4 members (excludes halogenated alkanes) is 3. The van der Waals surface area contributed by atoms with Gasteiger partial charge in [-0.25, -0.2) is 0 Å². The second kappa shape index (κ2) is 10.1. The Labute approximate surface area is 142 Å². The fraction of sp³-hybridized carbons (Fsp3) is 0.333. The first-order valence-electron chi connectivity index (χ1n) is 8.11. The lowest BCUT2D eigenvalue weighted by molar-refractivity contribution is 0.440. The van der Waals surface area contributed by atoms with Crippen molar-refractivity contribution in [1.82, 2.24) is 9.80 Å². The predicted octanol–water partition coefficient (Wildman–Crippen LogP) is 4.53. The van der Waals surface area contributed by atoms with Gasteiger partial charge in [0.1, 0.15) is 0 Å². The summed E-state index contributed by atoms with van der Waals surface area (Å²) in [6, 6.07) is 0. The van der Waals surface area contributed by atoms with E-state index in [1.807, 2.05) is 49.1 Å². The molecule has 126 valence electrons. The van der Waals surface area contributed by atoms with Crippen molar-refractivity contribution >= 4 is 0 Å². The Morgan fingerprint density at radius 3 is 1.38 bits per heavy atom. The van der Waals surface area contributed by atoms with Gasteiger partial charge in [-0.1, -0.05) is 12.8 Å². The zero-order valence-corrected chi connectivity index (χ0v) is 13.6. The van der Waals surface area contributed by atoms with Crippen LogP contribution in [0.5, 0.6) is 0 Å². The Bertz CT molecular complexity index is 529. The van der Waals surface area contributed by atoms with Crippen molar-refractivity contribution < 1.29 is 0 Å². The van der Waals surface area contributed by atoms with E-state index >= 15 is 0 Å². The van der Waals surface area contributed by atoms with Gasteiger partial charge in [-0.15, -0.1) is 9.81 Å². The van der Waals surface area contributed by atoms with Crippen LogP contribution < -0.4 is 0 Å². The summed E-state index contributed by atoms with van der Waals surface area (Å²) in [6.07, 6.45) is 22.7. The van der Waals surface area contributed by atoms with Crippen LogP contribution in [0.15, 0.2) is 83.0 Å². The van der Waals surface area contributed by atoms with E-state index in [0.717, 1.165) is 37.1 Å². The molecule has 0 aromatic carbocycles. The summed E-state index contributed by atoms with van der Waals surface area (Å²) in [6.45, 7) is 1.95. The number of hydrogen-bond donors (Lipinski definition) is 0. The predicted molar refractivity (Wildman–Crippen MR) is 96.2 cm³/mol. The first kappa shape index (κ1) is 17.6. The van der Waals surface area contributed by atoms with E-state index < -0.39 is 0 Å².